The normalized spacial score (nSPS) is 12.0. The summed E-state index contributed by atoms with van der Waals surface area (Å²) >= 11 is 0. The molecule has 7 aromatic carbocycles. The SMILES string of the molecule is C=C(N=C(N=C(C)c1cccc(-c2ccc(-c3ccc4c(c3)c3ccccc3n4-c3ccccc3)cc2)c1)c1ccccc1)c1ccccc1. The molecule has 0 aliphatic heterocycles. The molecule has 0 aliphatic rings. The fourth-order valence-electron chi connectivity index (χ4n) is 6.57. The summed E-state index contributed by atoms with van der Waals surface area (Å²) in [6, 6.07) is 63.5. The summed E-state index contributed by atoms with van der Waals surface area (Å²) < 4.78 is 2.35. The molecule has 0 aliphatic carbocycles. The number of fused-ring (bicyclic) bond motifs is 3. The van der Waals surface area contributed by atoms with E-state index in [9.17, 15) is 0 Å². The van der Waals surface area contributed by atoms with E-state index in [1.165, 1.54) is 38.6 Å². The maximum Gasteiger partial charge on any atom is 0.160 e. The van der Waals surface area contributed by atoms with Crippen LogP contribution in [0, 0.1) is 0 Å². The Hall–Kier alpha value is -6.58. The zero-order valence-corrected chi connectivity index (χ0v) is 27.9. The molecule has 8 aromatic rings. The lowest BCUT2D eigenvalue weighted by Gasteiger charge is -2.10. The van der Waals surface area contributed by atoms with Crippen molar-refractivity contribution >= 4 is 39.1 Å². The quantitative estimate of drug-likeness (QED) is 0.122. The zero-order valence-electron chi connectivity index (χ0n) is 27.9. The van der Waals surface area contributed by atoms with Gasteiger partial charge in [-0.05, 0) is 76.7 Å². The van der Waals surface area contributed by atoms with Crippen molar-refractivity contribution in [2.45, 2.75) is 6.92 Å². The highest BCUT2D eigenvalue weighted by Crippen LogP contribution is 2.35. The number of nitrogens with zero attached hydrogens (tertiary/aromatic N) is 3. The van der Waals surface area contributed by atoms with Crippen molar-refractivity contribution in [1.29, 1.82) is 0 Å². The second-order valence-corrected chi connectivity index (χ2v) is 12.4. The van der Waals surface area contributed by atoms with E-state index in [0.29, 0.717) is 11.5 Å². The molecule has 50 heavy (non-hydrogen) atoms. The predicted molar refractivity (Wildman–Crippen MR) is 212 cm³/mol. The molecular weight excluding hydrogens is 607 g/mol. The number of rotatable bonds is 7. The van der Waals surface area contributed by atoms with Crippen molar-refractivity contribution in [3.05, 3.63) is 205 Å². The van der Waals surface area contributed by atoms with Crippen LogP contribution in [-0.4, -0.2) is 16.1 Å². The highest BCUT2D eigenvalue weighted by molar-refractivity contribution is 6.13. The van der Waals surface area contributed by atoms with Gasteiger partial charge in [0.1, 0.15) is 0 Å². The van der Waals surface area contributed by atoms with Crippen molar-refractivity contribution in [1.82, 2.24) is 4.57 Å². The van der Waals surface area contributed by atoms with Crippen LogP contribution in [0.1, 0.15) is 23.6 Å². The first-order valence-corrected chi connectivity index (χ1v) is 16.9. The number of hydrogen-bond acceptors (Lipinski definition) is 1. The average Bonchev–Trinajstić information content (AvgIpc) is 3.52. The molecule has 0 fully saturated rings. The summed E-state index contributed by atoms with van der Waals surface area (Å²) in [5, 5.41) is 2.50. The molecule has 0 saturated carbocycles. The van der Waals surface area contributed by atoms with E-state index in [2.05, 4.69) is 132 Å². The molecule has 8 rings (SSSR count). The fourth-order valence-corrected chi connectivity index (χ4v) is 6.57. The van der Waals surface area contributed by atoms with Crippen LogP contribution in [0.2, 0.25) is 0 Å². The van der Waals surface area contributed by atoms with Crippen molar-refractivity contribution in [2.75, 3.05) is 0 Å². The first kappa shape index (κ1) is 30.7. The zero-order chi connectivity index (χ0) is 33.9. The van der Waals surface area contributed by atoms with Crippen LogP contribution in [0.3, 0.4) is 0 Å². The number of para-hydroxylation sites is 2. The maximum atomic E-state index is 5.04. The maximum absolute atomic E-state index is 5.04. The molecule has 0 saturated heterocycles. The predicted octanol–water partition coefficient (Wildman–Crippen LogP) is 12.0. The van der Waals surface area contributed by atoms with Gasteiger partial charge in [0.25, 0.3) is 0 Å². The van der Waals surface area contributed by atoms with Crippen molar-refractivity contribution in [2.24, 2.45) is 9.98 Å². The lowest BCUT2D eigenvalue weighted by molar-refractivity contribution is 1.18. The number of amidine groups is 1. The first-order valence-electron chi connectivity index (χ1n) is 16.9. The molecule has 0 N–H and O–H groups in total. The van der Waals surface area contributed by atoms with Gasteiger partial charge in [-0.25, -0.2) is 9.98 Å². The van der Waals surface area contributed by atoms with Crippen LogP contribution < -0.4 is 0 Å². The second-order valence-electron chi connectivity index (χ2n) is 12.4. The summed E-state index contributed by atoms with van der Waals surface area (Å²) in [6.07, 6.45) is 0. The molecule has 0 unspecified atom stereocenters. The van der Waals surface area contributed by atoms with Gasteiger partial charge in [0.05, 0.1) is 16.7 Å². The topological polar surface area (TPSA) is 29.6 Å². The van der Waals surface area contributed by atoms with Gasteiger partial charge in [0.15, 0.2) is 5.84 Å². The first-order chi connectivity index (χ1) is 24.6. The number of benzene rings is 7. The van der Waals surface area contributed by atoms with Gasteiger partial charge in [0.2, 0.25) is 0 Å². The van der Waals surface area contributed by atoms with Gasteiger partial charge in [-0.1, -0.05) is 152 Å². The average molecular weight is 642 g/mol. The Morgan fingerprint density at radius 3 is 1.68 bits per heavy atom. The molecule has 0 amide bonds. The molecule has 0 radical (unpaired) electrons. The van der Waals surface area contributed by atoms with Crippen LogP contribution >= 0.6 is 0 Å². The Bertz CT molecular complexity index is 2520. The molecule has 1 aromatic heterocycles. The third kappa shape index (κ3) is 6.09. The highest BCUT2D eigenvalue weighted by Gasteiger charge is 2.13. The standard InChI is InChI=1S/C47H35N3/c1-33(35-15-6-3-7-16-35)48-47(38-17-8-4-9-18-38)49-34(2)39-19-14-20-40(31-39)36-25-27-37(28-26-36)41-29-30-46-44(32-41)43-23-12-13-24-45(43)50(46)42-21-10-5-11-22-42/h3-32H,1H2,2H3. The Kier molecular flexibility index (Phi) is 8.30. The van der Waals surface area contributed by atoms with E-state index in [1.807, 2.05) is 67.6 Å². The Labute approximate surface area is 292 Å². The summed E-state index contributed by atoms with van der Waals surface area (Å²) in [6.45, 7) is 6.28. The number of aromatic nitrogens is 1. The van der Waals surface area contributed by atoms with E-state index < -0.39 is 0 Å². The van der Waals surface area contributed by atoms with Crippen molar-refractivity contribution in [3.8, 4) is 27.9 Å². The summed E-state index contributed by atoms with van der Waals surface area (Å²) in [5.74, 6) is 0.635. The Balaban J connectivity index is 1.10. The van der Waals surface area contributed by atoms with E-state index in [0.717, 1.165) is 33.5 Å². The van der Waals surface area contributed by atoms with Gasteiger partial charge in [-0.3, -0.25) is 0 Å². The monoisotopic (exact) mass is 641 g/mol. The third-order valence-corrected chi connectivity index (χ3v) is 9.17. The minimum Gasteiger partial charge on any atom is -0.309 e. The highest BCUT2D eigenvalue weighted by atomic mass is 15.0. The molecule has 0 atom stereocenters. The number of aliphatic imine (C=N–C) groups is 2. The molecule has 3 nitrogen and oxygen atoms in total. The summed E-state index contributed by atoms with van der Waals surface area (Å²) in [4.78, 5) is 9.93. The fraction of sp³-hybridized carbons (Fsp3) is 0.0213. The van der Waals surface area contributed by atoms with Crippen LogP contribution in [0.4, 0.5) is 0 Å². The van der Waals surface area contributed by atoms with Crippen molar-refractivity contribution < 1.29 is 0 Å². The van der Waals surface area contributed by atoms with Gasteiger partial charge >= 0.3 is 0 Å². The van der Waals surface area contributed by atoms with Crippen LogP contribution in [0.5, 0.6) is 0 Å². The van der Waals surface area contributed by atoms with E-state index >= 15 is 0 Å². The lowest BCUT2D eigenvalue weighted by atomic mass is 9.97. The lowest BCUT2D eigenvalue weighted by Crippen LogP contribution is -2.04. The summed E-state index contributed by atoms with van der Waals surface area (Å²) in [7, 11) is 0. The van der Waals surface area contributed by atoms with Gasteiger partial charge in [-0.2, -0.15) is 0 Å². The minimum absolute atomic E-state index is 0.635. The van der Waals surface area contributed by atoms with Crippen LogP contribution in [-0.2, 0) is 0 Å². The Morgan fingerprint density at radius 1 is 0.440 bits per heavy atom. The van der Waals surface area contributed by atoms with Gasteiger partial charge in [0, 0.05) is 27.7 Å². The molecular formula is C47H35N3. The van der Waals surface area contributed by atoms with E-state index in [4.69, 9.17) is 9.98 Å². The van der Waals surface area contributed by atoms with Gasteiger partial charge < -0.3 is 4.57 Å². The third-order valence-electron chi connectivity index (χ3n) is 9.17. The molecule has 0 spiro atoms. The largest absolute Gasteiger partial charge is 0.309 e. The minimum atomic E-state index is 0.635. The van der Waals surface area contributed by atoms with E-state index in [-0.39, 0.29) is 0 Å². The Morgan fingerprint density at radius 2 is 0.980 bits per heavy atom. The second kappa shape index (κ2) is 13.5. The van der Waals surface area contributed by atoms with E-state index in [1.54, 1.807) is 0 Å². The molecule has 238 valence electrons. The molecule has 3 heteroatoms. The number of hydrogen-bond donors (Lipinski definition) is 0. The summed E-state index contributed by atoms with van der Waals surface area (Å²) in [5.41, 5.74) is 12.8. The molecule has 0 bridgehead atoms. The van der Waals surface area contributed by atoms with Gasteiger partial charge in [-0.15, -0.1) is 0 Å². The van der Waals surface area contributed by atoms with Crippen LogP contribution in [0.15, 0.2) is 199 Å². The molecule has 1 heterocycles. The van der Waals surface area contributed by atoms with Crippen molar-refractivity contribution in [3.63, 3.8) is 0 Å². The van der Waals surface area contributed by atoms with Crippen LogP contribution in [0.25, 0.3) is 55.4 Å². The smallest absolute Gasteiger partial charge is 0.160 e.